The summed E-state index contributed by atoms with van der Waals surface area (Å²) in [5.41, 5.74) is 2.70. The molecule has 1 atom stereocenters. The molecule has 0 bridgehead atoms. The maximum Gasteiger partial charge on any atom is 0.196 e. The Bertz CT molecular complexity index is 839. The van der Waals surface area contributed by atoms with Crippen molar-refractivity contribution in [3.05, 3.63) is 46.6 Å². The van der Waals surface area contributed by atoms with E-state index in [2.05, 4.69) is 65.8 Å². The first-order valence-electron chi connectivity index (χ1n) is 9.47. The Kier molecular flexibility index (Phi) is 6.94. The molecule has 1 aromatic heterocycles. The van der Waals surface area contributed by atoms with E-state index in [9.17, 15) is 9.18 Å². The van der Waals surface area contributed by atoms with Crippen LogP contribution in [0.3, 0.4) is 0 Å². The van der Waals surface area contributed by atoms with Crippen LogP contribution in [0.2, 0.25) is 0 Å². The Balaban J connectivity index is 2.48. The highest BCUT2D eigenvalue weighted by Crippen LogP contribution is 2.30. The molecule has 2 rings (SSSR count). The van der Waals surface area contributed by atoms with Crippen LogP contribution in [-0.4, -0.2) is 36.1 Å². The van der Waals surface area contributed by atoms with Gasteiger partial charge in [-0.1, -0.05) is 45.0 Å². The Labute approximate surface area is 166 Å². The van der Waals surface area contributed by atoms with Crippen LogP contribution in [-0.2, 0) is 12.1 Å². The lowest BCUT2D eigenvalue weighted by atomic mass is 9.82. The SMILES string of the molecule is CCC(C)(C)c1ccc(C(C)n2nc(CF)c(C=O)c2NC(=NC)NC)cc1. The Hall–Kier alpha value is -2.70. The molecule has 0 aliphatic rings. The van der Waals surface area contributed by atoms with Crippen molar-refractivity contribution in [2.45, 2.75) is 52.2 Å². The normalized spacial score (nSPS) is 13.3. The van der Waals surface area contributed by atoms with E-state index >= 15 is 0 Å². The number of aliphatic imine (C=N–C) groups is 1. The van der Waals surface area contributed by atoms with E-state index in [1.54, 1.807) is 18.8 Å². The van der Waals surface area contributed by atoms with Crippen molar-refractivity contribution in [3.63, 3.8) is 0 Å². The minimum Gasteiger partial charge on any atom is -0.359 e. The molecule has 1 unspecified atom stereocenters. The first-order chi connectivity index (χ1) is 13.3. The lowest BCUT2D eigenvalue weighted by Crippen LogP contribution is -2.29. The van der Waals surface area contributed by atoms with Gasteiger partial charge in [-0.05, 0) is 29.9 Å². The number of aldehydes is 1. The molecule has 2 aromatic rings. The minimum atomic E-state index is -0.815. The van der Waals surface area contributed by atoms with Crippen LogP contribution in [0.5, 0.6) is 0 Å². The molecule has 152 valence electrons. The van der Waals surface area contributed by atoms with Gasteiger partial charge in [-0.2, -0.15) is 5.10 Å². The monoisotopic (exact) mass is 387 g/mol. The van der Waals surface area contributed by atoms with E-state index in [1.807, 2.05) is 6.92 Å². The molecule has 0 aliphatic heterocycles. The molecule has 0 fully saturated rings. The zero-order chi connectivity index (χ0) is 20.9. The van der Waals surface area contributed by atoms with Crippen LogP contribution < -0.4 is 10.6 Å². The summed E-state index contributed by atoms with van der Waals surface area (Å²) in [5, 5.41) is 10.3. The number of rotatable bonds is 7. The molecule has 1 heterocycles. The van der Waals surface area contributed by atoms with Gasteiger partial charge in [0.25, 0.3) is 0 Å². The van der Waals surface area contributed by atoms with Crippen molar-refractivity contribution in [2.24, 2.45) is 4.99 Å². The van der Waals surface area contributed by atoms with Crippen molar-refractivity contribution in [1.29, 1.82) is 0 Å². The fourth-order valence-corrected chi connectivity index (χ4v) is 3.02. The number of nitrogens with one attached hydrogen (secondary N) is 2. The molecule has 6 nitrogen and oxygen atoms in total. The second-order valence-corrected chi connectivity index (χ2v) is 7.39. The van der Waals surface area contributed by atoms with Crippen LogP contribution in [0, 0.1) is 0 Å². The van der Waals surface area contributed by atoms with Gasteiger partial charge in [0.15, 0.2) is 12.2 Å². The lowest BCUT2D eigenvalue weighted by Gasteiger charge is -2.24. The summed E-state index contributed by atoms with van der Waals surface area (Å²) in [6.45, 7) is 7.76. The van der Waals surface area contributed by atoms with Gasteiger partial charge in [0.1, 0.15) is 18.2 Å². The number of carbonyl (C=O) groups is 1. The highest BCUT2D eigenvalue weighted by molar-refractivity contribution is 5.97. The average Bonchev–Trinajstić information content (AvgIpc) is 3.08. The van der Waals surface area contributed by atoms with Gasteiger partial charge in [0.2, 0.25) is 0 Å². The van der Waals surface area contributed by atoms with Gasteiger partial charge in [0.05, 0.1) is 11.6 Å². The summed E-state index contributed by atoms with van der Waals surface area (Å²) in [7, 11) is 3.33. The molecule has 0 aliphatic carbocycles. The van der Waals surface area contributed by atoms with Crippen LogP contribution in [0.4, 0.5) is 10.2 Å². The number of benzene rings is 1. The number of aromatic nitrogens is 2. The van der Waals surface area contributed by atoms with Crippen LogP contribution >= 0.6 is 0 Å². The van der Waals surface area contributed by atoms with Gasteiger partial charge in [-0.25, -0.2) is 9.07 Å². The van der Waals surface area contributed by atoms with Crippen LogP contribution in [0.15, 0.2) is 29.3 Å². The van der Waals surface area contributed by atoms with Gasteiger partial charge in [0, 0.05) is 14.1 Å². The zero-order valence-electron chi connectivity index (χ0n) is 17.5. The van der Waals surface area contributed by atoms with Gasteiger partial charge in [-0.15, -0.1) is 0 Å². The quantitative estimate of drug-likeness (QED) is 0.427. The largest absolute Gasteiger partial charge is 0.359 e. The average molecular weight is 388 g/mol. The minimum absolute atomic E-state index is 0.103. The van der Waals surface area contributed by atoms with E-state index in [0.717, 1.165) is 12.0 Å². The highest BCUT2D eigenvalue weighted by Gasteiger charge is 2.23. The number of anilines is 1. The second-order valence-electron chi connectivity index (χ2n) is 7.39. The predicted molar refractivity (Wildman–Crippen MR) is 112 cm³/mol. The third-order valence-electron chi connectivity index (χ3n) is 5.39. The molecular formula is C21H30FN5O. The van der Waals surface area contributed by atoms with E-state index in [1.165, 1.54) is 5.56 Å². The van der Waals surface area contributed by atoms with Crippen molar-refractivity contribution >= 4 is 18.1 Å². The maximum absolute atomic E-state index is 13.4. The summed E-state index contributed by atoms with van der Waals surface area (Å²) < 4.78 is 15.1. The molecule has 7 heteroatoms. The Morgan fingerprint density at radius 1 is 1.36 bits per heavy atom. The predicted octanol–water partition coefficient (Wildman–Crippen LogP) is 4.08. The first kappa shape index (κ1) is 21.6. The molecule has 0 radical (unpaired) electrons. The zero-order valence-corrected chi connectivity index (χ0v) is 17.5. The molecule has 2 N–H and O–H groups in total. The van der Waals surface area contributed by atoms with Gasteiger partial charge in [-0.3, -0.25) is 9.79 Å². The number of hydrogen-bond acceptors (Lipinski definition) is 3. The molecule has 0 amide bonds. The third kappa shape index (κ3) is 4.24. The Morgan fingerprint density at radius 2 is 2.00 bits per heavy atom. The van der Waals surface area contributed by atoms with Crippen LogP contribution in [0.25, 0.3) is 0 Å². The van der Waals surface area contributed by atoms with Crippen LogP contribution in [0.1, 0.15) is 67.3 Å². The Morgan fingerprint density at radius 3 is 2.46 bits per heavy atom. The number of hydrogen-bond donors (Lipinski definition) is 2. The van der Waals surface area contributed by atoms with Crippen molar-refractivity contribution in [3.8, 4) is 0 Å². The number of alkyl halides is 1. The van der Waals surface area contributed by atoms with Crippen molar-refractivity contribution in [2.75, 3.05) is 19.4 Å². The summed E-state index contributed by atoms with van der Waals surface area (Å²) >= 11 is 0. The van der Waals surface area contributed by atoms with E-state index in [-0.39, 0.29) is 22.7 Å². The fourth-order valence-electron chi connectivity index (χ4n) is 3.02. The molecule has 1 aromatic carbocycles. The molecule has 28 heavy (non-hydrogen) atoms. The number of halogens is 1. The van der Waals surface area contributed by atoms with Crippen molar-refractivity contribution in [1.82, 2.24) is 15.1 Å². The van der Waals surface area contributed by atoms with E-state index in [0.29, 0.717) is 18.1 Å². The summed E-state index contributed by atoms with van der Waals surface area (Å²) in [6.07, 6.45) is 1.67. The first-order valence-corrected chi connectivity index (χ1v) is 9.47. The smallest absolute Gasteiger partial charge is 0.196 e. The van der Waals surface area contributed by atoms with E-state index in [4.69, 9.17) is 0 Å². The highest BCUT2D eigenvalue weighted by atomic mass is 19.1. The summed E-state index contributed by atoms with van der Waals surface area (Å²) in [4.78, 5) is 15.7. The molecule has 0 saturated heterocycles. The molecule has 0 saturated carbocycles. The molecule has 0 spiro atoms. The summed E-state index contributed by atoms with van der Waals surface area (Å²) in [6, 6.07) is 8.16. The fraction of sp³-hybridized carbons (Fsp3) is 0.476. The second kappa shape index (κ2) is 8.99. The lowest BCUT2D eigenvalue weighted by molar-refractivity contribution is 0.112. The molecular weight excluding hydrogens is 357 g/mol. The van der Waals surface area contributed by atoms with Gasteiger partial charge < -0.3 is 10.6 Å². The third-order valence-corrected chi connectivity index (χ3v) is 5.39. The number of guanidine groups is 1. The number of nitrogens with zero attached hydrogens (tertiary/aromatic N) is 3. The topological polar surface area (TPSA) is 71.3 Å². The van der Waals surface area contributed by atoms with Crippen molar-refractivity contribution < 1.29 is 9.18 Å². The standard InChI is InChI=1S/C21H30FN5O/c1-7-21(3,4)16-10-8-15(9-11-16)14(2)27-19(25-20(23-5)24-6)17(13-28)18(12-22)26-27/h8-11,13-14H,7,12H2,1-6H3,(H2,23,24,25). The van der Waals surface area contributed by atoms with Gasteiger partial charge >= 0.3 is 0 Å². The van der Waals surface area contributed by atoms with E-state index < -0.39 is 6.67 Å². The number of carbonyl (C=O) groups excluding carboxylic acids is 1. The summed E-state index contributed by atoms with van der Waals surface area (Å²) in [5.74, 6) is 0.880. The maximum atomic E-state index is 13.4.